The van der Waals surface area contributed by atoms with Gasteiger partial charge in [-0.3, -0.25) is 4.79 Å². The molecule has 1 aromatic heterocycles. The molecule has 0 fully saturated rings. The maximum atomic E-state index is 13.6. The number of carbonyl (C=O) groups is 2. The van der Waals surface area contributed by atoms with Crippen LogP contribution < -0.4 is 9.47 Å². The molecule has 0 aliphatic carbocycles. The van der Waals surface area contributed by atoms with Crippen LogP contribution in [0.3, 0.4) is 0 Å². The van der Waals surface area contributed by atoms with Crippen LogP contribution in [0.4, 0.5) is 13.2 Å². The maximum absolute atomic E-state index is 13.6. The van der Waals surface area contributed by atoms with Crippen LogP contribution in [0, 0.1) is 6.92 Å². The van der Waals surface area contributed by atoms with E-state index < -0.39 is 24.7 Å². The van der Waals surface area contributed by atoms with Gasteiger partial charge >= 0.3 is 12.3 Å². The van der Waals surface area contributed by atoms with E-state index in [9.17, 15) is 22.8 Å². The molecule has 0 spiro atoms. The molecule has 0 amide bonds. The van der Waals surface area contributed by atoms with Gasteiger partial charge in [0.25, 0.3) is 0 Å². The topological polar surface area (TPSA) is 77.8 Å². The van der Waals surface area contributed by atoms with Crippen LogP contribution in [0.2, 0.25) is 0 Å². The third-order valence-corrected chi connectivity index (χ3v) is 5.70. The summed E-state index contributed by atoms with van der Waals surface area (Å²) >= 11 is 0. The lowest BCUT2D eigenvalue weighted by atomic mass is 9.99. The van der Waals surface area contributed by atoms with Crippen LogP contribution in [0.15, 0.2) is 66.7 Å². The highest BCUT2D eigenvalue weighted by Crippen LogP contribution is 2.35. The fraction of sp³-hybridized carbons (Fsp3) is 0.185. The van der Waals surface area contributed by atoms with E-state index in [0.29, 0.717) is 33.4 Å². The Kier molecular flexibility index (Phi) is 6.74. The Morgan fingerprint density at radius 3 is 2.33 bits per heavy atom. The van der Waals surface area contributed by atoms with E-state index in [1.165, 1.54) is 18.2 Å². The van der Waals surface area contributed by atoms with Crippen molar-refractivity contribution in [2.45, 2.75) is 26.6 Å². The molecule has 0 saturated heterocycles. The van der Waals surface area contributed by atoms with Crippen molar-refractivity contribution in [1.82, 2.24) is 4.57 Å². The summed E-state index contributed by atoms with van der Waals surface area (Å²) in [5.41, 5.74) is 3.14. The summed E-state index contributed by atoms with van der Waals surface area (Å²) in [6.07, 6.45) is -4.07. The number of ether oxygens (including phenoxy) is 2. The van der Waals surface area contributed by atoms with Gasteiger partial charge in [0, 0.05) is 34.5 Å². The Morgan fingerprint density at radius 2 is 1.69 bits per heavy atom. The Balaban J connectivity index is 1.90. The molecule has 6 nitrogen and oxygen atoms in total. The first-order valence-electron chi connectivity index (χ1n) is 11.1. The largest absolute Gasteiger partial charge is 0.573 e. The second kappa shape index (κ2) is 9.77. The normalized spacial score (nSPS) is 11.5. The van der Waals surface area contributed by atoms with E-state index in [1.807, 2.05) is 19.1 Å². The molecule has 9 heteroatoms. The molecule has 186 valence electrons. The van der Waals surface area contributed by atoms with Crippen LogP contribution in [-0.2, 0) is 11.2 Å². The van der Waals surface area contributed by atoms with Crippen molar-refractivity contribution in [2.24, 2.45) is 0 Å². The number of aromatic nitrogens is 1. The van der Waals surface area contributed by atoms with Crippen LogP contribution in [0.25, 0.3) is 16.6 Å². The number of carboxylic acids is 1. The molecule has 4 rings (SSSR count). The molecule has 0 radical (unpaired) electrons. The second-order valence-corrected chi connectivity index (χ2v) is 8.08. The zero-order chi connectivity index (χ0) is 26.0. The van der Waals surface area contributed by atoms with Gasteiger partial charge in [-0.25, -0.2) is 4.79 Å². The molecule has 0 atom stereocenters. The number of aryl methyl sites for hydroxylation is 1. The van der Waals surface area contributed by atoms with Crippen LogP contribution in [0.5, 0.6) is 11.5 Å². The van der Waals surface area contributed by atoms with E-state index in [4.69, 9.17) is 9.84 Å². The second-order valence-electron chi connectivity index (χ2n) is 8.08. The fourth-order valence-corrected chi connectivity index (χ4v) is 4.11. The fourth-order valence-electron chi connectivity index (χ4n) is 4.11. The molecule has 3 aromatic carbocycles. The molecule has 36 heavy (non-hydrogen) atoms. The molecule has 1 N–H and O–H groups in total. The number of fused-ring (bicyclic) bond motifs is 1. The van der Waals surface area contributed by atoms with Gasteiger partial charge < -0.3 is 19.1 Å². The van der Waals surface area contributed by atoms with Crippen LogP contribution >= 0.6 is 0 Å². The first-order chi connectivity index (χ1) is 17.1. The van der Waals surface area contributed by atoms with Gasteiger partial charge in [-0.2, -0.15) is 0 Å². The van der Waals surface area contributed by atoms with Gasteiger partial charge in [-0.05, 0) is 43.2 Å². The van der Waals surface area contributed by atoms with Crippen molar-refractivity contribution in [3.05, 3.63) is 89.1 Å². The minimum atomic E-state index is -4.88. The maximum Gasteiger partial charge on any atom is 0.573 e. The summed E-state index contributed by atoms with van der Waals surface area (Å²) in [6, 6.07) is 17.4. The number of carbonyl (C=O) groups excluding carboxylic acids is 1. The number of alkyl halides is 3. The van der Waals surface area contributed by atoms with Crippen LogP contribution in [0.1, 0.15) is 34.1 Å². The quantitative estimate of drug-likeness (QED) is 0.298. The third-order valence-electron chi connectivity index (χ3n) is 5.70. The van der Waals surface area contributed by atoms with Gasteiger partial charge in [0.15, 0.2) is 12.4 Å². The molecule has 0 bridgehead atoms. The standard InChI is InChI=1S/C27H22F3NO5/c1-3-17-7-9-18(10-8-17)26(34)25-16(2)31(19-5-4-6-20(13-19)35-15-24(32)33)23-14-21(11-12-22(23)25)36-27(28,29)30/h4-14H,3,15H2,1-2H3,(H,32,33). The number of hydrogen-bond acceptors (Lipinski definition) is 4. The van der Waals surface area contributed by atoms with Gasteiger partial charge in [-0.1, -0.05) is 37.3 Å². The van der Waals surface area contributed by atoms with E-state index in [0.717, 1.165) is 12.0 Å². The zero-order valence-electron chi connectivity index (χ0n) is 19.4. The first kappa shape index (κ1) is 24.8. The lowest BCUT2D eigenvalue weighted by molar-refractivity contribution is -0.274. The summed E-state index contributed by atoms with van der Waals surface area (Å²) in [4.78, 5) is 24.5. The highest BCUT2D eigenvalue weighted by Gasteiger charge is 2.32. The predicted octanol–water partition coefficient (Wildman–Crippen LogP) is 6.09. The number of nitrogens with zero attached hydrogens (tertiary/aromatic N) is 1. The van der Waals surface area contributed by atoms with Crippen molar-refractivity contribution >= 4 is 22.7 Å². The SMILES string of the molecule is CCc1ccc(C(=O)c2c(C)n(-c3cccc(OCC(=O)O)c3)c3cc(OC(F)(F)F)ccc23)cc1. The lowest BCUT2D eigenvalue weighted by Gasteiger charge is -2.12. The molecule has 0 aliphatic heterocycles. The number of rotatable bonds is 8. The average Bonchev–Trinajstić information content (AvgIpc) is 3.12. The number of carboxylic acid groups (broad SMARTS) is 1. The van der Waals surface area contributed by atoms with E-state index >= 15 is 0 Å². The first-order valence-corrected chi connectivity index (χ1v) is 11.1. The van der Waals surface area contributed by atoms with Crippen LogP contribution in [-0.4, -0.2) is 34.4 Å². The summed E-state index contributed by atoms with van der Waals surface area (Å²) < 4.78 is 49.8. The molecule has 0 aliphatic rings. The monoisotopic (exact) mass is 497 g/mol. The summed E-state index contributed by atoms with van der Waals surface area (Å²) in [5, 5.41) is 9.35. The van der Waals surface area contributed by atoms with Crippen molar-refractivity contribution in [3.63, 3.8) is 0 Å². The highest BCUT2D eigenvalue weighted by molar-refractivity contribution is 6.18. The molecular formula is C27H22F3NO5. The Bertz CT molecular complexity index is 1440. The molecule has 1 heterocycles. The smallest absolute Gasteiger partial charge is 0.482 e. The number of hydrogen-bond donors (Lipinski definition) is 1. The van der Waals surface area contributed by atoms with E-state index in [1.54, 1.807) is 47.9 Å². The van der Waals surface area contributed by atoms with Crippen molar-refractivity contribution in [2.75, 3.05) is 6.61 Å². The average molecular weight is 497 g/mol. The minimum Gasteiger partial charge on any atom is -0.482 e. The van der Waals surface area contributed by atoms with E-state index in [2.05, 4.69) is 4.74 Å². The summed E-state index contributed by atoms with van der Waals surface area (Å²) in [5.74, 6) is -1.61. The van der Waals surface area contributed by atoms with Crippen molar-refractivity contribution < 1.29 is 37.3 Å². The molecule has 4 aromatic rings. The summed E-state index contributed by atoms with van der Waals surface area (Å²) in [7, 11) is 0. The molecule has 0 unspecified atom stereocenters. The predicted molar refractivity (Wildman–Crippen MR) is 127 cm³/mol. The van der Waals surface area contributed by atoms with Crippen molar-refractivity contribution in [1.29, 1.82) is 0 Å². The lowest BCUT2D eigenvalue weighted by Crippen LogP contribution is -2.17. The zero-order valence-corrected chi connectivity index (χ0v) is 19.4. The van der Waals surface area contributed by atoms with E-state index in [-0.39, 0.29) is 11.5 Å². The number of halogens is 3. The number of benzene rings is 3. The van der Waals surface area contributed by atoms with Gasteiger partial charge in [0.05, 0.1) is 11.1 Å². The van der Waals surface area contributed by atoms with Crippen molar-refractivity contribution in [3.8, 4) is 17.2 Å². The molecular weight excluding hydrogens is 475 g/mol. The Morgan fingerprint density at radius 1 is 0.972 bits per heavy atom. The Labute approximate surface area is 204 Å². The minimum absolute atomic E-state index is 0.252. The van der Waals surface area contributed by atoms with Gasteiger partial charge in [0.1, 0.15) is 11.5 Å². The molecule has 0 saturated carbocycles. The van der Waals surface area contributed by atoms with Gasteiger partial charge in [0.2, 0.25) is 0 Å². The number of aliphatic carboxylic acids is 1. The number of ketones is 1. The van der Waals surface area contributed by atoms with Gasteiger partial charge in [-0.15, -0.1) is 13.2 Å². The highest BCUT2D eigenvalue weighted by atomic mass is 19.4. The Hall–Kier alpha value is -4.27. The summed E-state index contributed by atoms with van der Waals surface area (Å²) in [6.45, 7) is 3.14. The third kappa shape index (κ3) is 5.19.